The molecule has 19 heavy (non-hydrogen) atoms. The molecule has 0 saturated carbocycles. The van der Waals surface area contributed by atoms with Crippen LogP contribution in [0.4, 0.5) is 4.39 Å². The predicted molar refractivity (Wildman–Crippen MR) is 76.4 cm³/mol. The molecule has 0 N–H and O–H groups in total. The zero-order valence-corrected chi connectivity index (χ0v) is 11.9. The minimum absolute atomic E-state index is 0.0824. The highest BCUT2D eigenvalue weighted by Gasteiger charge is 1.98. The summed E-state index contributed by atoms with van der Waals surface area (Å²) in [5.41, 5.74) is 1.10. The van der Waals surface area contributed by atoms with E-state index in [1.165, 1.54) is 0 Å². The fourth-order valence-electron chi connectivity index (χ4n) is 1.54. The normalized spacial score (nSPS) is 10.2. The van der Waals surface area contributed by atoms with Crippen molar-refractivity contribution in [2.75, 3.05) is 13.3 Å². The summed E-state index contributed by atoms with van der Waals surface area (Å²) in [6.45, 7) is 0.110. The molecule has 0 fully saturated rings. The van der Waals surface area contributed by atoms with Gasteiger partial charge in [-0.2, -0.15) is 0 Å². The van der Waals surface area contributed by atoms with Gasteiger partial charge < -0.3 is 9.47 Å². The van der Waals surface area contributed by atoms with Gasteiger partial charge in [0.15, 0.2) is 0 Å². The molecule has 4 heteroatoms. The van der Waals surface area contributed by atoms with Crippen molar-refractivity contribution >= 4 is 15.9 Å². The number of rotatable bonds is 6. The Morgan fingerprint density at radius 3 is 2.00 bits per heavy atom. The maximum atomic E-state index is 11.9. The predicted octanol–water partition coefficient (Wildman–Crippen LogP) is 4.38. The lowest BCUT2D eigenvalue weighted by Gasteiger charge is -2.08. The molecule has 0 saturated heterocycles. The smallest absolute Gasteiger partial charge is 0.123 e. The molecule has 0 bridgehead atoms. The Morgan fingerprint density at radius 2 is 1.42 bits per heavy atom. The first kappa shape index (κ1) is 13.9. The van der Waals surface area contributed by atoms with E-state index in [0.717, 1.165) is 15.8 Å². The van der Waals surface area contributed by atoms with Crippen LogP contribution in [0.5, 0.6) is 11.5 Å². The summed E-state index contributed by atoms with van der Waals surface area (Å²) in [6, 6.07) is 15.1. The fraction of sp³-hybridized carbons (Fsp3) is 0.200. The van der Waals surface area contributed by atoms with E-state index < -0.39 is 6.67 Å². The molecular formula is C15H14BrFO2. The van der Waals surface area contributed by atoms with Crippen LogP contribution in [0.15, 0.2) is 53.0 Å². The Kier molecular flexibility index (Phi) is 5.21. The molecule has 2 rings (SSSR count). The first-order valence-electron chi connectivity index (χ1n) is 5.94. The van der Waals surface area contributed by atoms with Crippen molar-refractivity contribution in [3.05, 3.63) is 58.6 Å². The third kappa shape index (κ3) is 4.56. The Hall–Kier alpha value is -1.55. The third-order valence-corrected chi connectivity index (χ3v) is 3.02. The second kappa shape index (κ2) is 7.14. The van der Waals surface area contributed by atoms with Crippen molar-refractivity contribution in [3.63, 3.8) is 0 Å². The Morgan fingerprint density at radius 1 is 0.842 bits per heavy atom. The van der Waals surface area contributed by atoms with Crippen LogP contribution < -0.4 is 9.47 Å². The van der Waals surface area contributed by atoms with Gasteiger partial charge in [0, 0.05) is 4.47 Å². The minimum atomic E-state index is -0.484. The highest BCUT2D eigenvalue weighted by molar-refractivity contribution is 9.10. The zero-order chi connectivity index (χ0) is 13.5. The van der Waals surface area contributed by atoms with E-state index in [9.17, 15) is 4.39 Å². The average molecular weight is 325 g/mol. The highest BCUT2D eigenvalue weighted by atomic mass is 79.9. The summed E-state index contributed by atoms with van der Waals surface area (Å²) in [6.07, 6.45) is 0. The van der Waals surface area contributed by atoms with Gasteiger partial charge in [0.25, 0.3) is 0 Å². The topological polar surface area (TPSA) is 18.5 Å². The van der Waals surface area contributed by atoms with E-state index in [1.807, 2.05) is 36.4 Å². The molecule has 0 radical (unpaired) electrons. The summed E-state index contributed by atoms with van der Waals surface area (Å²) >= 11 is 3.39. The number of benzene rings is 2. The van der Waals surface area contributed by atoms with Crippen LogP contribution in [0.1, 0.15) is 5.56 Å². The van der Waals surface area contributed by atoms with Gasteiger partial charge in [-0.3, -0.25) is 0 Å². The summed E-state index contributed by atoms with van der Waals surface area (Å²) in [7, 11) is 0. The minimum Gasteiger partial charge on any atom is -0.491 e. The Balaban J connectivity index is 1.87. The molecule has 2 nitrogen and oxygen atoms in total. The van der Waals surface area contributed by atoms with Crippen LogP contribution in [0.25, 0.3) is 0 Å². The number of hydrogen-bond donors (Lipinski definition) is 0. The molecule has 0 heterocycles. The summed E-state index contributed by atoms with van der Waals surface area (Å²) in [5.74, 6) is 1.41. The number of halogens is 2. The van der Waals surface area contributed by atoms with Crippen molar-refractivity contribution in [1.29, 1.82) is 0 Å². The van der Waals surface area contributed by atoms with Crippen LogP contribution in [0.2, 0.25) is 0 Å². The molecule has 2 aromatic rings. The molecule has 0 aromatic heterocycles. The fourth-order valence-corrected chi connectivity index (χ4v) is 1.80. The van der Waals surface area contributed by atoms with Gasteiger partial charge in [0.05, 0.1) is 0 Å². The summed E-state index contributed by atoms with van der Waals surface area (Å²) in [4.78, 5) is 0. The first-order valence-corrected chi connectivity index (χ1v) is 6.73. The summed E-state index contributed by atoms with van der Waals surface area (Å²) in [5, 5.41) is 0. The molecular weight excluding hydrogens is 311 g/mol. The van der Waals surface area contributed by atoms with Gasteiger partial charge in [-0.15, -0.1) is 0 Å². The van der Waals surface area contributed by atoms with E-state index in [4.69, 9.17) is 9.47 Å². The quantitative estimate of drug-likeness (QED) is 0.785. The molecule has 2 aromatic carbocycles. The van der Waals surface area contributed by atoms with Crippen LogP contribution in [-0.2, 0) is 6.61 Å². The van der Waals surface area contributed by atoms with Crippen molar-refractivity contribution in [3.8, 4) is 11.5 Å². The molecule has 0 atom stereocenters. The van der Waals surface area contributed by atoms with E-state index >= 15 is 0 Å². The van der Waals surface area contributed by atoms with Crippen molar-refractivity contribution < 1.29 is 13.9 Å². The van der Waals surface area contributed by atoms with E-state index in [0.29, 0.717) is 12.4 Å². The lowest BCUT2D eigenvalue weighted by molar-refractivity contribution is 0.271. The summed E-state index contributed by atoms with van der Waals surface area (Å²) < 4.78 is 23.8. The maximum Gasteiger partial charge on any atom is 0.123 e. The lowest BCUT2D eigenvalue weighted by Crippen LogP contribution is -1.99. The van der Waals surface area contributed by atoms with Crippen LogP contribution >= 0.6 is 15.9 Å². The van der Waals surface area contributed by atoms with Crippen LogP contribution in [-0.4, -0.2) is 13.3 Å². The van der Waals surface area contributed by atoms with Gasteiger partial charge in [-0.05, 0) is 42.0 Å². The van der Waals surface area contributed by atoms with E-state index in [-0.39, 0.29) is 6.61 Å². The largest absolute Gasteiger partial charge is 0.491 e. The molecule has 0 aliphatic rings. The second-order valence-corrected chi connectivity index (χ2v) is 4.84. The molecule has 0 spiro atoms. The lowest BCUT2D eigenvalue weighted by atomic mass is 10.2. The van der Waals surface area contributed by atoms with Crippen LogP contribution in [0.3, 0.4) is 0 Å². The van der Waals surface area contributed by atoms with Gasteiger partial charge >= 0.3 is 0 Å². The van der Waals surface area contributed by atoms with E-state index in [2.05, 4.69) is 15.9 Å². The Bertz CT molecular complexity index is 497. The Labute approximate surface area is 120 Å². The standard InChI is InChI=1S/C15H14BrFO2/c16-13-3-1-12(2-4-13)11-19-15-7-5-14(6-8-15)18-10-9-17/h1-8H,9-11H2. The molecule has 0 aliphatic carbocycles. The van der Waals surface area contributed by atoms with Gasteiger partial charge in [0.2, 0.25) is 0 Å². The number of hydrogen-bond acceptors (Lipinski definition) is 2. The van der Waals surface area contributed by atoms with E-state index in [1.54, 1.807) is 12.1 Å². The van der Waals surface area contributed by atoms with Crippen molar-refractivity contribution in [2.24, 2.45) is 0 Å². The molecule has 0 unspecified atom stereocenters. The van der Waals surface area contributed by atoms with Gasteiger partial charge in [0.1, 0.15) is 31.4 Å². The molecule has 0 aliphatic heterocycles. The van der Waals surface area contributed by atoms with Gasteiger partial charge in [-0.1, -0.05) is 28.1 Å². The average Bonchev–Trinajstić information content (AvgIpc) is 2.46. The van der Waals surface area contributed by atoms with Crippen molar-refractivity contribution in [2.45, 2.75) is 6.61 Å². The maximum absolute atomic E-state index is 11.9. The SMILES string of the molecule is FCCOc1ccc(OCc2ccc(Br)cc2)cc1. The second-order valence-electron chi connectivity index (χ2n) is 3.92. The van der Waals surface area contributed by atoms with Gasteiger partial charge in [-0.25, -0.2) is 4.39 Å². The third-order valence-electron chi connectivity index (χ3n) is 2.49. The number of alkyl halides is 1. The molecule has 0 amide bonds. The van der Waals surface area contributed by atoms with Crippen molar-refractivity contribution in [1.82, 2.24) is 0 Å². The van der Waals surface area contributed by atoms with Crippen LogP contribution in [0, 0.1) is 0 Å². The first-order chi connectivity index (χ1) is 9.28. The molecule has 100 valence electrons. The number of ether oxygens (including phenoxy) is 2. The monoisotopic (exact) mass is 324 g/mol. The highest BCUT2D eigenvalue weighted by Crippen LogP contribution is 2.19. The zero-order valence-electron chi connectivity index (χ0n) is 10.3.